The molecule has 0 aliphatic rings. The van der Waals surface area contributed by atoms with E-state index in [2.05, 4.69) is 50.4 Å². The van der Waals surface area contributed by atoms with Gasteiger partial charge in [-0.05, 0) is 36.4 Å². The Kier molecular flexibility index (Phi) is 6.99. The molecule has 1 unspecified atom stereocenters. The van der Waals surface area contributed by atoms with Gasteiger partial charge in [-0.3, -0.25) is 0 Å². The summed E-state index contributed by atoms with van der Waals surface area (Å²) in [6.07, 6.45) is 2.14. The van der Waals surface area contributed by atoms with E-state index < -0.39 is 0 Å². The summed E-state index contributed by atoms with van der Waals surface area (Å²) in [4.78, 5) is 0. The van der Waals surface area contributed by atoms with E-state index in [9.17, 15) is 0 Å². The minimum atomic E-state index is 0.514. The summed E-state index contributed by atoms with van der Waals surface area (Å²) in [5.74, 6) is 0.608. The molecule has 0 saturated carbocycles. The van der Waals surface area contributed by atoms with Gasteiger partial charge in [0.05, 0.1) is 0 Å². The van der Waals surface area contributed by atoms with Crippen molar-refractivity contribution < 1.29 is 4.74 Å². The molecule has 102 valence electrons. The number of ether oxygens (including phenoxy) is 1. The molecule has 0 saturated heterocycles. The van der Waals surface area contributed by atoms with Crippen molar-refractivity contribution in [2.75, 3.05) is 20.3 Å². The number of rotatable bonds is 8. The molecule has 1 aromatic carbocycles. The second kappa shape index (κ2) is 8.28. The van der Waals surface area contributed by atoms with Crippen LogP contribution >= 0.6 is 0 Å². The summed E-state index contributed by atoms with van der Waals surface area (Å²) in [6.45, 7) is 8.45. The van der Waals surface area contributed by atoms with Gasteiger partial charge in [0.15, 0.2) is 0 Å². The molecule has 0 radical (unpaired) electrons. The fourth-order valence-corrected chi connectivity index (χ4v) is 2.15. The summed E-state index contributed by atoms with van der Waals surface area (Å²) in [5, 5.41) is 3.52. The number of likely N-dealkylation sites (N-methyl/N-ethyl adjacent to an activating group) is 1. The first-order chi connectivity index (χ1) is 8.67. The molecule has 0 aromatic heterocycles. The minimum Gasteiger partial charge on any atom is -0.385 e. The highest BCUT2D eigenvalue weighted by atomic mass is 16.5. The molecule has 2 nitrogen and oxygen atoms in total. The van der Waals surface area contributed by atoms with Gasteiger partial charge in [-0.15, -0.1) is 0 Å². The molecule has 0 heterocycles. The van der Waals surface area contributed by atoms with Crippen LogP contribution in [0.2, 0.25) is 0 Å². The first-order valence-corrected chi connectivity index (χ1v) is 6.98. The zero-order chi connectivity index (χ0) is 13.4. The van der Waals surface area contributed by atoms with Crippen molar-refractivity contribution in [3.63, 3.8) is 0 Å². The molecule has 0 amide bonds. The number of hydrogen-bond donors (Lipinski definition) is 1. The number of methoxy groups -OCH3 is 1. The summed E-state index contributed by atoms with van der Waals surface area (Å²) >= 11 is 0. The second-order valence-electron chi connectivity index (χ2n) is 5.14. The topological polar surface area (TPSA) is 21.3 Å². The van der Waals surface area contributed by atoms with Crippen molar-refractivity contribution in [1.82, 2.24) is 5.32 Å². The highest BCUT2D eigenvalue weighted by Gasteiger charge is 2.08. The largest absolute Gasteiger partial charge is 0.385 e. The van der Waals surface area contributed by atoms with Crippen LogP contribution in [0.5, 0.6) is 0 Å². The van der Waals surface area contributed by atoms with Crippen LogP contribution in [0.25, 0.3) is 0 Å². The molecule has 1 rings (SSSR count). The lowest BCUT2D eigenvalue weighted by Gasteiger charge is -2.18. The molecule has 18 heavy (non-hydrogen) atoms. The van der Waals surface area contributed by atoms with Crippen molar-refractivity contribution in [2.45, 2.75) is 45.6 Å². The minimum absolute atomic E-state index is 0.514. The highest BCUT2D eigenvalue weighted by Crippen LogP contribution is 2.16. The fraction of sp³-hybridized carbons (Fsp3) is 0.625. The quantitative estimate of drug-likeness (QED) is 0.762. The van der Waals surface area contributed by atoms with Crippen LogP contribution in [0.3, 0.4) is 0 Å². The average Bonchev–Trinajstić information content (AvgIpc) is 2.37. The third kappa shape index (κ3) is 5.19. The zero-order valence-corrected chi connectivity index (χ0v) is 12.2. The maximum Gasteiger partial charge on any atom is 0.0477 e. The summed E-state index contributed by atoms with van der Waals surface area (Å²) in [6, 6.07) is 9.53. The lowest BCUT2D eigenvalue weighted by Crippen LogP contribution is -2.32. The van der Waals surface area contributed by atoms with Crippen LogP contribution in [-0.2, 0) is 11.2 Å². The maximum absolute atomic E-state index is 5.17. The number of nitrogens with one attached hydrogen (secondary N) is 1. The third-order valence-corrected chi connectivity index (χ3v) is 3.29. The molecular weight excluding hydrogens is 222 g/mol. The van der Waals surface area contributed by atoms with Crippen LogP contribution in [0.15, 0.2) is 24.3 Å². The standard InChI is InChI=1S/C16H27NO/c1-5-17-16(10-11-18-4)12-14-6-8-15(9-7-14)13(2)3/h6-9,13,16-17H,5,10-12H2,1-4H3. The van der Waals surface area contributed by atoms with Crippen molar-refractivity contribution in [1.29, 1.82) is 0 Å². The van der Waals surface area contributed by atoms with Gasteiger partial charge < -0.3 is 10.1 Å². The number of hydrogen-bond acceptors (Lipinski definition) is 2. The summed E-state index contributed by atoms with van der Waals surface area (Å²) < 4.78 is 5.17. The Morgan fingerprint density at radius 2 is 1.83 bits per heavy atom. The Labute approximate surface area is 112 Å². The normalized spacial score (nSPS) is 12.9. The van der Waals surface area contributed by atoms with Gasteiger partial charge in [0.2, 0.25) is 0 Å². The Morgan fingerprint density at radius 1 is 1.17 bits per heavy atom. The fourth-order valence-electron chi connectivity index (χ4n) is 2.15. The second-order valence-corrected chi connectivity index (χ2v) is 5.14. The Morgan fingerprint density at radius 3 is 2.33 bits per heavy atom. The molecule has 1 aromatic rings. The first-order valence-electron chi connectivity index (χ1n) is 6.98. The Bertz CT molecular complexity index is 318. The predicted molar refractivity (Wildman–Crippen MR) is 78.2 cm³/mol. The molecule has 0 spiro atoms. The van der Waals surface area contributed by atoms with Crippen molar-refractivity contribution >= 4 is 0 Å². The van der Waals surface area contributed by atoms with Gasteiger partial charge in [0.1, 0.15) is 0 Å². The summed E-state index contributed by atoms with van der Waals surface area (Å²) in [7, 11) is 1.76. The lowest BCUT2D eigenvalue weighted by molar-refractivity contribution is 0.183. The van der Waals surface area contributed by atoms with E-state index in [1.165, 1.54) is 11.1 Å². The molecule has 0 fully saturated rings. The van der Waals surface area contributed by atoms with Crippen LogP contribution in [0, 0.1) is 0 Å². The average molecular weight is 249 g/mol. The zero-order valence-electron chi connectivity index (χ0n) is 12.2. The molecular formula is C16H27NO. The third-order valence-electron chi connectivity index (χ3n) is 3.29. The van der Waals surface area contributed by atoms with Gasteiger partial charge in [0.25, 0.3) is 0 Å². The SMILES string of the molecule is CCNC(CCOC)Cc1ccc(C(C)C)cc1. The first kappa shape index (κ1) is 15.2. The molecule has 1 atom stereocenters. The molecule has 0 aliphatic heterocycles. The van der Waals surface area contributed by atoms with E-state index in [4.69, 9.17) is 4.74 Å². The smallest absolute Gasteiger partial charge is 0.0477 e. The van der Waals surface area contributed by atoms with Crippen molar-refractivity contribution in [3.05, 3.63) is 35.4 Å². The van der Waals surface area contributed by atoms with Crippen LogP contribution < -0.4 is 5.32 Å². The van der Waals surface area contributed by atoms with Crippen LogP contribution in [0.1, 0.15) is 44.2 Å². The van der Waals surface area contributed by atoms with E-state index >= 15 is 0 Å². The van der Waals surface area contributed by atoms with Crippen LogP contribution in [-0.4, -0.2) is 26.3 Å². The van der Waals surface area contributed by atoms with Gasteiger partial charge in [-0.1, -0.05) is 45.0 Å². The molecule has 1 N–H and O–H groups in total. The number of benzene rings is 1. The van der Waals surface area contributed by atoms with Crippen molar-refractivity contribution in [2.24, 2.45) is 0 Å². The van der Waals surface area contributed by atoms with E-state index in [0.717, 1.165) is 26.0 Å². The van der Waals surface area contributed by atoms with E-state index in [0.29, 0.717) is 12.0 Å². The predicted octanol–water partition coefficient (Wildman–Crippen LogP) is 3.37. The Hall–Kier alpha value is -0.860. The Balaban J connectivity index is 2.56. The highest BCUT2D eigenvalue weighted by molar-refractivity contribution is 5.25. The molecule has 0 aliphatic carbocycles. The van der Waals surface area contributed by atoms with Gasteiger partial charge in [-0.25, -0.2) is 0 Å². The lowest BCUT2D eigenvalue weighted by atomic mass is 9.98. The summed E-state index contributed by atoms with van der Waals surface area (Å²) in [5.41, 5.74) is 2.82. The van der Waals surface area contributed by atoms with Gasteiger partial charge in [-0.2, -0.15) is 0 Å². The maximum atomic E-state index is 5.17. The molecule has 2 heteroatoms. The van der Waals surface area contributed by atoms with Gasteiger partial charge in [0, 0.05) is 19.8 Å². The van der Waals surface area contributed by atoms with E-state index in [1.54, 1.807) is 7.11 Å². The van der Waals surface area contributed by atoms with E-state index in [1.807, 2.05) is 0 Å². The monoisotopic (exact) mass is 249 g/mol. The van der Waals surface area contributed by atoms with Crippen LogP contribution in [0.4, 0.5) is 0 Å². The van der Waals surface area contributed by atoms with Crippen molar-refractivity contribution in [3.8, 4) is 0 Å². The van der Waals surface area contributed by atoms with Gasteiger partial charge >= 0.3 is 0 Å². The molecule has 0 bridgehead atoms. The van der Waals surface area contributed by atoms with E-state index in [-0.39, 0.29) is 0 Å².